The second-order valence-corrected chi connectivity index (χ2v) is 8.30. The molecule has 32 heavy (non-hydrogen) atoms. The fourth-order valence-corrected chi connectivity index (χ4v) is 4.54. The highest BCUT2D eigenvalue weighted by Gasteiger charge is 2.17. The lowest BCUT2D eigenvalue weighted by Gasteiger charge is -2.12. The van der Waals surface area contributed by atoms with Crippen LogP contribution in [0.5, 0.6) is 11.5 Å². The smallest absolute Gasteiger partial charge is 0.263 e. The van der Waals surface area contributed by atoms with Crippen molar-refractivity contribution in [3.05, 3.63) is 69.6 Å². The number of fused-ring (bicyclic) bond motifs is 1. The highest BCUT2D eigenvalue weighted by atomic mass is 32.1. The zero-order chi connectivity index (χ0) is 22.8. The summed E-state index contributed by atoms with van der Waals surface area (Å²) in [5.41, 5.74) is 4.32. The summed E-state index contributed by atoms with van der Waals surface area (Å²) in [6.45, 7) is 3.89. The number of nitrogens with zero attached hydrogens (tertiary/aromatic N) is 2. The number of hydrogen-bond acceptors (Lipinski definition) is 6. The Labute approximate surface area is 189 Å². The molecule has 0 aliphatic heterocycles. The van der Waals surface area contributed by atoms with E-state index < -0.39 is 0 Å². The van der Waals surface area contributed by atoms with E-state index in [1.807, 2.05) is 31.4 Å². The van der Waals surface area contributed by atoms with E-state index in [4.69, 9.17) is 9.47 Å². The number of nitrogens with one attached hydrogen (secondary N) is 1. The number of carbonyl (C=O) groups excluding carboxylic acids is 1. The molecule has 4 aromatic rings. The van der Waals surface area contributed by atoms with Crippen LogP contribution in [0, 0.1) is 13.8 Å². The van der Waals surface area contributed by atoms with Gasteiger partial charge in [-0.1, -0.05) is 23.8 Å². The number of aromatic nitrogens is 2. The van der Waals surface area contributed by atoms with Crippen molar-refractivity contribution in [1.82, 2.24) is 9.55 Å². The molecule has 0 aliphatic rings. The van der Waals surface area contributed by atoms with Gasteiger partial charge in [0.15, 0.2) is 0 Å². The molecule has 8 heteroatoms. The van der Waals surface area contributed by atoms with Gasteiger partial charge in [0.1, 0.15) is 22.9 Å². The van der Waals surface area contributed by atoms with Crippen molar-refractivity contribution in [1.29, 1.82) is 0 Å². The van der Waals surface area contributed by atoms with Crippen LogP contribution >= 0.6 is 11.3 Å². The Balaban J connectivity index is 1.65. The number of hydrogen-bond donors (Lipinski definition) is 1. The Morgan fingerprint density at radius 2 is 1.91 bits per heavy atom. The third-order valence-corrected chi connectivity index (χ3v) is 6.12. The summed E-state index contributed by atoms with van der Waals surface area (Å²) in [4.78, 5) is 31.0. The Morgan fingerprint density at radius 1 is 1.09 bits per heavy atom. The maximum absolute atomic E-state index is 13.3. The standard InChI is InChI=1S/C24H23N3O4S/c1-14-5-7-17(15(2)9-14)18-12-32-23-22(18)24(29)27(13-25-23)11-21(28)26-19-8-6-16(30-3)10-20(19)31-4/h5-10,12-13H,11H2,1-4H3,(H,26,28). The van der Waals surface area contributed by atoms with Crippen LogP contribution in [0.25, 0.3) is 21.3 Å². The maximum atomic E-state index is 13.3. The predicted octanol–water partition coefficient (Wildman–Crippen LogP) is 4.40. The molecule has 2 aromatic heterocycles. The molecule has 0 radical (unpaired) electrons. The first-order valence-electron chi connectivity index (χ1n) is 9.97. The van der Waals surface area contributed by atoms with Crippen LogP contribution in [0.15, 0.2) is 52.9 Å². The van der Waals surface area contributed by atoms with Crippen molar-refractivity contribution < 1.29 is 14.3 Å². The van der Waals surface area contributed by atoms with Gasteiger partial charge in [-0.05, 0) is 37.1 Å². The molecule has 0 saturated heterocycles. The van der Waals surface area contributed by atoms with Gasteiger partial charge in [0.2, 0.25) is 5.91 Å². The third kappa shape index (κ3) is 4.09. The summed E-state index contributed by atoms with van der Waals surface area (Å²) in [6, 6.07) is 11.2. The summed E-state index contributed by atoms with van der Waals surface area (Å²) in [5, 5.41) is 5.26. The van der Waals surface area contributed by atoms with E-state index in [9.17, 15) is 9.59 Å². The van der Waals surface area contributed by atoms with Crippen molar-refractivity contribution in [3.63, 3.8) is 0 Å². The number of methoxy groups -OCH3 is 2. The first-order valence-corrected chi connectivity index (χ1v) is 10.9. The SMILES string of the molecule is COc1ccc(NC(=O)Cn2cnc3scc(-c4ccc(C)cc4C)c3c2=O)c(OC)c1. The molecule has 0 saturated carbocycles. The molecule has 1 amide bonds. The second kappa shape index (κ2) is 8.84. The van der Waals surface area contributed by atoms with Crippen molar-refractivity contribution >= 4 is 33.1 Å². The van der Waals surface area contributed by atoms with Gasteiger partial charge in [-0.25, -0.2) is 4.98 Å². The first kappa shape index (κ1) is 21.6. The van der Waals surface area contributed by atoms with Crippen LogP contribution in [0.3, 0.4) is 0 Å². The van der Waals surface area contributed by atoms with Gasteiger partial charge in [0.05, 0.1) is 31.6 Å². The normalized spacial score (nSPS) is 10.9. The maximum Gasteiger partial charge on any atom is 0.263 e. The van der Waals surface area contributed by atoms with Crippen LogP contribution in [-0.4, -0.2) is 29.7 Å². The van der Waals surface area contributed by atoms with E-state index in [2.05, 4.69) is 16.4 Å². The van der Waals surface area contributed by atoms with Crippen molar-refractivity contribution in [2.75, 3.05) is 19.5 Å². The van der Waals surface area contributed by atoms with Gasteiger partial charge in [-0.2, -0.15) is 0 Å². The van der Waals surface area contributed by atoms with Crippen molar-refractivity contribution in [2.45, 2.75) is 20.4 Å². The molecule has 1 N–H and O–H groups in total. The molecule has 164 valence electrons. The topological polar surface area (TPSA) is 82.5 Å². The molecule has 0 atom stereocenters. The average Bonchev–Trinajstić information content (AvgIpc) is 3.20. The number of thiophene rings is 1. The summed E-state index contributed by atoms with van der Waals surface area (Å²) in [5.74, 6) is 0.718. The zero-order valence-corrected chi connectivity index (χ0v) is 19.1. The molecule has 0 unspecified atom stereocenters. The minimum atomic E-state index is -0.361. The predicted molar refractivity (Wildman–Crippen MR) is 127 cm³/mol. The van der Waals surface area contributed by atoms with Crippen molar-refractivity contribution in [3.8, 4) is 22.6 Å². The summed E-state index contributed by atoms with van der Waals surface area (Å²) in [7, 11) is 3.07. The van der Waals surface area contributed by atoms with E-state index in [1.54, 1.807) is 25.3 Å². The van der Waals surface area contributed by atoms with E-state index >= 15 is 0 Å². The monoisotopic (exact) mass is 449 g/mol. The molecular formula is C24H23N3O4S. The van der Waals surface area contributed by atoms with Crippen LogP contribution in [0.1, 0.15) is 11.1 Å². The molecule has 7 nitrogen and oxygen atoms in total. The molecule has 0 spiro atoms. The Morgan fingerprint density at radius 3 is 2.62 bits per heavy atom. The number of carbonyl (C=O) groups is 1. The lowest BCUT2D eigenvalue weighted by Crippen LogP contribution is -2.28. The van der Waals surface area contributed by atoms with E-state index in [0.717, 1.165) is 22.3 Å². The number of rotatable bonds is 6. The highest BCUT2D eigenvalue weighted by molar-refractivity contribution is 7.17. The molecular weight excluding hydrogens is 426 g/mol. The van der Waals surface area contributed by atoms with Gasteiger partial charge >= 0.3 is 0 Å². The fraction of sp³-hybridized carbons (Fsp3) is 0.208. The Hall–Kier alpha value is -3.65. The van der Waals surface area contributed by atoms with Gasteiger partial charge in [0.25, 0.3) is 5.56 Å². The largest absolute Gasteiger partial charge is 0.497 e. The zero-order valence-electron chi connectivity index (χ0n) is 18.3. The fourth-order valence-electron chi connectivity index (χ4n) is 3.64. The third-order valence-electron chi connectivity index (χ3n) is 5.23. The highest BCUT2D eigenvalue weighted by Crippen LogP contribution is 2.33. The number of ether oxygens (including phenoxy) is 2. The van der Waals surface area contributed by atoms with Crippen LogP contribution in [0.2, 0.25) is 0 Å². The van der Waals surface area contributed by atoms with Gasteiger partial charge < -0.3 is 14.8 Å². The number of benzene rings is 2. The Kier molecular flexibility index (Phi) is 5.96. The minimum Gasteiger partial charge on any atom is -0.497 e. The summed E-state index contributed by atoms with van der Waals surface area (Å²) in [6.07, 6.45) is 1.41. The molecule has 2 aromatic carbocycles. The summed E-state index contributed by atoms with van der Waals surface area (Å²) < 4.78 is 11.8. The van der Waals surface area contributed by atoms with Crippen LogP contribution in [-0.2, 0) is 11.3 Å². The molecule has 0 bridgehead atoms. The number of amides is 1. The molecule has 0 aliphatic carbocycles. The summed E-state index contributed by atoms with van der Waals surface area (Å²) >= 11 is 1.42. The van der Waals surface area contributed by atoms with Gasteiger partial charge in [-0.15, -0.1) is 11.3 Å². The van der Waals surface area contributed by atoms with E-state index in [-0.39, 0.29) is 18.0 Å². The minimum absolute atomic E-state index is 0.168. The lowest BCUT2D eigenvalue weighted by molar-refractivity contribution is -0.116. The van der Waals surface area contributed by atoms with Crippen LogP contribution in [0.4, 0.5) is 5.69 Å². The number of anilines is 1. The van der Waals surface area contributed by atoms with Gasteiger partial charge in [-0.3, -0.25) is 14.2 Å². The molecule has 4 rings (SSSR count). The van der Waals surface area contributed by atoms with E-state index in [1.165, 1.54) is 29.3 Å². The molecule has 0 fully saturated rings. The quantitative estimate of drug-likeness (QED) is 0.472. The van der Waals surface area contributed by atoms with Crippen LogP contribution < -0.4 is 20.3 Å². The lowest BCUT2D eigenvalue weighted by atomic mass is 9.99. The van der Waals surface area contributed by atoms with Gasteiger partial charge in [0, 0.05) is 17.0 Å². The number of aryl methyl sites for hydroxylation is 2. The Bertz CT molecular complexity index is 1370. The first-order chi connectivity index (χ1) is 15.4. The van der Waals surface area contributed by atoms with Crippen molar-refractivity contribution in [2.24, 2.45) is 0 Å². The second-order valence-electron chi connectivity index (χ2n) is 7.44. The average molecular weight is 450 g/mol. The molecule has 2 heterocycles. The van der Waals surface area contributed by atoms with E-state index in [0.29, 0.717) is 27.4 Å².